The van der Waals surface area contributed by atoms with E-state index in [4.69, 9.17) is 14.2 Å². The Kier molecular flexibility index (Phi) is 8.53. The van der Waals surface area contributed by atoms with E-state index < -0.39 is 5.97 Å². The van der Waals surface area contributed by atoms with Gasteiger partial charge in [0, 0.05) is 0 Å². The number of rotatable bonds is 10. The Balaban J connectivity index is 1.90. The second-order valence-corrected chi connectivity index (χ2v) is 6.64. The molecule has 2 aromatic rings. The van der Waals surface area contributed by atoms with Crippen LogP contribution in [0, 0.1) is 0 Å². The molecule has 0 saturated heterocycles. The van der Waals surface area contributed by atoms with Crippen molar-refractivity contribution >= 4 is 11.9 Å². The molecule has 0 amide bonds. The van der Waals surface area contributed by atoms with Crippen LogP contribution in [0.3, 0.4) is 0 Å². The number of carbonyl (C=O) groups is 2. The highest BCUT2D eigenvalue weighted by Gasteiger charge is 2.13. The van der Waals surface area contributed by atoms with Gasteiger partial charge in [0.05, 0.1) is 23.8 Å². The standard InChI is InChI=1S/C23H28O5/c1-4-6-7-17(3)27-22(24)18-10-14-21(15-11-18)28-23(25)19-8-12-20(13-9-19)26-16-5-2/h8-15,17H,4-7,16H2,1-3H3. The zero-order valence-corrected chi connectivity index (χ0v) is 16.8. The average Bonchev–Trinajstić information content (AvgIpc) is 2.71. The van der Waals surface area contributed by atoms with Crippen molar-refractivity contribution in [2.45, 2.75) is 52.6 Å². The van der Waals surface area contributed by atoms with Crippen LogP contribution in [0.4, 0.5) is 0 Å². The van der Waals surface area contributed by atoms with E-state index in [9.17, 15) is 9.59 Å². The zero-order chi connectivity index (χ0) is 20.4. The highest BCUT2D eigenvalue weighted by Crippen LogP contribution is 2.18. The van der Waals surface area contributed by atoms with E-state index in [0.717, 1.165) is 31.4 Å². The second-order valence-electron chi connectivity index (χ2n) is 6.64. The Morgan fingerprint density at radius 2 is 1.39 bits per heavy atom. The van der Waals surface area contributed by atoms with Gasteiger partial charge in [-0.15, -0.1) is 0 Å². The van der Waals surface area contributed by atoms with Gasteiger partial charge in [-0.25, -0.2) is 9.59 Å². The minimum absolute atomic E-state index is 0.116. The molecule has 2 aromatic carbocycles. The molecule has 0 aliphatic heterocycles. The van der Waals surface area contributed by atoms with Crippen molar-refractivity contribution in [2.75, 3.05) is 6.61 Å². The van der Waals surface area contributed by atoms with Gasteiger partial charge in [0.25, 0.3) is 0 Å². The van der Waals surface area contributed by atoms with Gasteiger partial charge in [-0.05, 0) is 68.3 Å². The first-order chi connectivity index (χ1) is 13.5. The molecular weight excluding hydrogens is 356 g/mol. The summed E-state index contributed by atoms with van der Waals surface area (Å²) in [5, 5.41) is 0. The van der Waals surface area contributed by atoms with Crippen LogP contribution < -0.4 is 9.47 Å². The van der Waals surface area contributed by atoms with Gasteiger partial charge in [0.15, 0.2) is 0 Å². The predicted octanol–water partition coefficient (Wildman–Crippen LogP) is 5.43. The first kappa shape index (κ1) is 21.5. The summed E-state index contributed by atoms with van der Waals surface area (Å²) < 4.78 is 16.3. The summed E-state index contributed by atoms with van der Waals surface area (Å²) in [6, 6.07) is 13.2. The van der Waals surface area contributed by atoms with Crippen LogP contribution in [0.25, 0.3) is 0 Å². The maximum absolute atomic E-state index is 12.2. The third-order valence-electron chi connectivity index (χ3n) is 4.14. The molecule has 0 heterocycles. The Labute approximate surface area is 166 Å². The van der Waals surface area contributed by atoms with Crippen molar-refractivity contribution in [3.63, 3.8) is 0 Å². The molecule has 0 bridgehead atoms. The highest BCUT2D eigenvalue weighted by molar-refractivity contribution is 5.92. The maximum atomic E-state index is 12.2. The van der Waals surface area contributed by atoms with Crippen LogP contribution in [-0.2, 0) is 4.74 Å². The van der Waals surface area contributed by atoms with Crippen LogP contribution in [0.5, 0.6) is 11.5 Å². The van der Waals surface area contributed by atoms with E-state index in [0.29, 0.717) is 23.5 Å². The molecule has 0 aliphatic carbocycles. The van der Waals surface area contributed by atoms with Crippen LogP contribution in [0.15, 0.2) is 48.5 Å². The number of hydrogen-bond acceptors (Lipinski definition) is 5. The summed E-state index contributed by atoms with van der Waals surface area (Å²) in [4.78, 5) is 24.4. The van der Waals surface area contributed by atoms with E-state index in [1.807, 2.05) is 13.8 Å². The molecule has 28 heavy (non-hydrogen) atoms. The van der Waals surface area contributed by atoms with Gasteiger partial charge in [-0.2, -0.15) is 0 Å². The van der Waals surface area contributed by atoms with Crippen molar-refractivity contribution in [1.82, 2.24) is 0 Å². The molecular formula is C23H28O5. The highest BCUT2D eigenvalue weighted by atomic mass is 16.5. The van der Waals surface area contributed by atoms with E-state index in [1.165, 1.54) is 0 Å². The van der Waals surface area contributed by atoms with Crippen LogP contribution >= 0.6 is 0 Å². The topological polar surface area (TPSA) is 61.8 Å². The first-order valence-corrected chi connectivity index (χ1v) is 9.79. The molecule has 1 atom stereocenters. The molecule has 0 aliphatic rings. The van der Waals surface area contributed by atoms with Crippen molar-refractivity contribution in [2.24, 2.45) is 0 Å². The van der Waals surface area contributed by atoms with E-state index in [2.05, 4.69) is 6.92 Å². The van der Waals surface area contributed by atoms with Crippen molar-refractivity contribution in [3.05, 3.63) is 59.7 Å². The number of hydrogen-bond donors (Lipinski definition) is 0. The first-order valence-electron chi connectivity index (χ1n) is 9.79. The van der Waals surface area contributed by atoms with Crippen molar-refractivity contribution < 1.29 is 23.8 Å². The summed E-state index contributed by atoms with van der Waals surface area (Å²) in [6.45, 7) is 6.66. The number of unbranched alkanes of at least 4 members (excludes halogenated alkanes) is 1. The number of esters is 2. The molecule has 5 nitrogen and oxygen atoms in total. The average molecular weight is 384 g/mol. The molecule has 150 valence electrons. The lowest BCUT2D eigenvalue weighted by molar-refractivity contribution is 0.0320. The van der Waals surface area contributed by atoms with Crippen LogP contribution in [0.1, 0.15) is 67.2 Å². The van der Waals surface area contributed by atoms with Gasteiger partial charge >= 0.3 is 11.9 Å². The largest absolute Gasteiger partial charge is 0.494 e. The third-order valence-corrected chi connectivity index (χ3v) is 4.14. The summed E-state index contributed by atoms with van der Waals surface area (Å²) >= 11 is 0. The van der Waals surface area contributed by atoms with Gasteiger partial charge in [0.2, 0.25) is 0 Å². The summed E-state index contributed by atoms with van der Waals surface area (Å²) in [5.41, 5.74) is 0.859. The SMILES string of the molecule is CCCCC(C)OC(=O)c1ccc(OC(=O)c2ccc(OCCC)cc2)cc1. The number of benzene rings is 2. The van der Waals surface area contributed by atoms with Gasteiger partial charge < -0.3 is 14.2 Å². The fraction of sp³-hybridized carbons (Fsp3) is 0.391. The Bertz CT molecular complexity index is 750. The minimum Gasteiger partial charge on any atom is -0.494 e. The maximum Gasteiger partial charge on any atom is 0.343 e. The quantitative estimate of drug-likeness (QED) is 0.404. The molecule has 0 fully saturated rings. The van der Waals surface area contributed by atoms with Crippen LogP contribution in [0.2, 0.25) is 0 Å². The second kappa shape index (κ2) is 11.1. The molecule has 0 saturated carbocycles. The summed E-state index contributed by atoms with van der Waals surface area (Å²) in [7, 11) is 0. The van der Waals surface area contributed by atoms with Gasteiger partial charge in [-0.3, -0.25) is 0 Å². The molecule has 5 heteroatoms. The van der Waals surface area contributed by atoms with E-state index in [1.54, 1.807) is 48.5 Å². The predicted molar refractivity (Wildman–Crippen MR) is 108 cm³/mol. The fourth-order valence-corrected chi connectivity index (χ4v) is 2.53. The number of carbonyl (C=O) groups excluding carboxylic acids is 2. The summed E-state index contributed by atoms with van der Waals surface area (Å²) in [5.74, 6) is 0.246. The fourth-order valence-electron chi connectivity index (χ4n) is 2.53. The lowest BCUT2D eigenvalue weighted by Crippen LogP contribution is -2.15. The zero-order valence-electron chi connectivity index (χ0n) is 16.8. The lowest BCUT2D eigenvalue weighted by Gasteiger charge is -2.13. The van der Waals surface area contributed by atoms with Gasteiger partial charge in [0.1, 0.15) is 11.5 Å². The molecule has 0 spiro atoms. The molecule has 0 N–H and O–H groups in total. The minimum atomic E-state index is -0.467. The van der Waals surface area contributed by atoms with Crippen molar-refractivity contribution in [3.8, 4) is 11.5 Å². The Morgan fingerprint density at radius 1 is 0.821 bits per heavy atom. The molecule has 1 unspecified atom stereocenters. The molecule has 0 radical (unpaired) electrons. The Morgan fingerprint density at radius 3 is 1.96 bits per heavy atom. The normalized spacial score (nSPS) is 11.5. The number of ether oxygens (including phenoxy) is 3. The molecule has 0 aromatic heterocycles. The monoisotopic (exact) mass is 384 g/mol. The lowest BCUT2D eigenvalue weighted by atomic mass is 10.2. The Hall–Kier alpha value is -2.82. The molecule has 2 rings (SSSR count). The summed E-state index contributed by atoms with van der Waals surface area (Å²) in [6.07, 6.45) is 3.74. The van der Waals surface area contributed by atoms with E-state index in [-0.39, 0.29) is 12.1 Å². The van der Waals surface area contributed by atoms with Crippen LogP contribution in [-0.4, -0.2) is 24.6 Å². The third kappa shape index (κ3) is 6.72. The van der Waals surface area contributed by atoms with Crippen molar-refractivity contribution in [1.29, 1.82) is 0 Å². The van der Waals surface area contributed by atoms with E-state index >= 15 is 0 Å². The van der Waals surface area contributed by atoms with Gasteiger partial charge in [-0.1, -0.05) is 26.7 Å². The smallest absolute Gasteiger partial charge is 0.343 e.